The maximum atomic E-state index is 13.1. The SMILES string of the molecule is Cc1ccc2cc1CN1Cc3cc(ccc3OS1(=O)=O)OCCCCn1nnc3c(C)c(ccc31)[C@@H]2CC(=O)O. The predicted molar refractivity (Wildman–Crippen MR) is 148 cm³/mol. The molecule has 0 spiro atoms. The minimum atomic E-state index is -4.03. The van der Waals surface area contributed by atoms with Crippen LogP contribution in [0.4, 0.5) is 0 Å². The molecule has 4 heterocycles. The minimum absolute atomic E-state index is 0.0820. The Kier molecular flexibility index (Phi) is 6.71. The molecule has 2 atom stereocenters. The van der Waals surface area contributed by atoms with Crippen LogP contribution in [0.1, 0.15) is 58.6 Å². The Hall–Kier alpha value is -3.96. The number of carboxylic acid groups (broad SMARTS) is 1. The molecule has 3 aliphatic heterocycles. The van der Waals surface area contributed by atoms with E-state index in [0.29, 0.717) is 24.7 Å². The molecule has 7 rings (SSSR count). The van der Waals surface area contributed by atoms with E-state index in [1.54, 1.807) is 12.1 Å². The van der Waals surface area contributed by atoms with Crippen LogP contribution in [0.3, 0.4) is 0 Å². The second-order valence-electron chi connectivity index (χ2n) is 10.4. The first-order valence-electron chi connectivity index (χ1n) is 13.3. The molecule has 3 aromatic carbocycles. The van der Waals surface area contributed by atoms with E-state index in [0.717, 1.165) is 57.3 Å². The lowest BCUT2D eigenvalue weighted by Gasteiger charge is -2.29. The third-order valence-electron chi connectivity index (χ3n) is 7.78. The number of benzene rings is 3. The maximum Gasteiger partial charge on any atom is 0.385 e. The molecule has 11 heteroatoms. The summed E-state index contributed by atoms with van der Waals surface area (Å²) in [6.45, 7) is 5.25. The van der Waals surface area contributed by atoms with E-state index in [1.807, 2.05) is 54.9 Å². The van der Waals surface area contributed by atoms with Crippen LogP contribution in [-0.4, -0.2) is 45.4 Å². The fourth-order valence-electron chi connectivity index (χ4n) is 5.55. The lowest BCUT2D eigenvalue weighted by Crippen LogP contribution is -2.37. The summed E-state index contributed by atoms with van der Waals surface area (Å²) in [4.78, 5) is 12.0. The lowest BCUT2D eigenvalue weighted by atomic mass is 9.84. The van der Waals surface area contributed by atoms with Crippen molar-refractivity contribution in [1.82, 2.24) is 19.3 Å². The second kappa shape index (κ2) is 10.2. The number of hydrogen-bond acceptors (Lipinski definition) is 7. The van der Waals surface area contributed by atoms with Gasteiger partial charge < -0.3 is 14.0 Å². The molecule has 208 valence electrons. The molecule has 0 saturated carbocycles. The Morgan fingerprint density at radius 2 is 1.88 bits per heavy atom. The van der Waals surface area contributed by atoms with E-state index >= 15 is 0 Å². The molecular formula is C29H30N4O6S. The number of hydrogen-bond donors (Lipinski definition) is 1. The van der Waals surface area contributed by atoms with Gasteiger partial charge in [0.1, 0.15) is 17.0 Å². The molecule has 4 aromatic rings. The van der Waals surface area contributed by atoms with Crippen molar-refractivity contribution in [2.75, 3.05) is 6.61 Å². The van der Waals surface area contributed by atoms with Gasteiger partial charge in [-0.1, -0.05) is 29.5 Å². The topological polar surface area (TPSA) is 124 Å². The smallest absolute Gasteiger partial charge is 0.385 e. The highest BCUT2D eigenvalue weighted by molar-refractivity contribution is 7.84. The van der Waals surface area contributed by atoms with Gasteiger partial charge in [0.2, 0.25) is 0 Å². The highest BCUT2D eigenvalue weighted by atomic mass is 32.2. The molecule has 0 fully saturated rings. The van der Waals surface area contributed by atoms with E-state index in [9.17, 15) is 18.3 Å². The van der Waals surface area contributed by atoms with Crippen molar-refractivity contribution in [3.05, 3.63) is 81.9 Å². The molecule has 9 bridgehead atoms. The fraction of sp³-hybridized carbons (Fsp3) is 0.345. The molecule has 0 saturated heterocycles. The number of nitrogens with zero attached hydrogens (tertiary/aromatic N) is 4. The van der Waals surface area contributed by atoms with E-state index in [-0.39, 0.29) is 19.5 Å². The van der Waals surface area contributed by atoms with E-state index in [2.05, 4.69) is 10.3 Å². The average molecular weight is 563 g/mol. The van der Waals surface area contributed by atoms with Gasteiger partial charge in [0.15, 0.2) is 0 Å². The van der Waals surface area contributed by atoms with Gasteiger partial charge in [-0.25, -0.2) is 4.68 Å². The fourth-order valence-corrected chi connectivity index (χ4v) is 6.64. The third kappa shape index (κ3) is 4.90. The van der Waals surface area contributed by atoms with Crippen molar-refractivity contribution < 1.29 is 27.2 Å². The molecule has 1 N–H and O–H groups in total. The highest BCUT2D eigenvalue weighted by Gasteiger charge is 2.32. The van der Waals surface area contributed by atoms with Crippen molar-refractivity contribution in [3.63, 3.8) is 0 Å². The number of rotatable bonds is 2. The van der Waals surface area contributed by atoms with Gasteiger partial charge in [-0.2, -0.15) is 12.7 Å². The molecule has 0 aliphatic carbocycles. The molecule has 0 amide bonds. The molecule has 1 aromatic heterocycles. The highest BCUT2D eigenvalue weighted by Crippen LogP contribution is 2.36. The lowest BCUT2D eigenvalue weighted by molar-refractivity contribution is -0.137. The van der Waals surface area contributed by atoms with Gasteiger partial charge in [0.05, 0.1) is 18.5 Å². The van der Waals surface area contributed by atoms with Gasteiger partial charge in [-0.15, -0.1) is 5.10 Å². The number of aliphatic carboxylic acids is 1. The van der Waals surface area contributed by atoms with Crippen molar-refractivity contribution >= 4 is 27.3 Å². The summed E-state index contributed by atoms with van der Waals surface area (Å²) in [7, 11) is -4.03. The van der Waals surface area contributed by atoms with E-state index in [4.69, 9.17) is 8.92 Å². The Balaban J connectivity index is 1.47. The zero-order valence-corrected chi connectivity index (χ0v) is 23.1. The molecule has 1 unspecified atom stereocenters. The van der Waals surface area contributed by atoms with Gasteiger partial charge in [0.25, 0.3) is 0 Å². The maximum absolute atomic E-state index is 13.1. The normalized spacial score (nSPS) is 20.2. The van der Waals surface area contributed by atoms with Gasteiger partial charge in [-0.05, 0) is 78.8 Å². The molecule has 0 radical (unpaired) electrons. The summed E-state index contributed by atoms with van der Waals surface area (Å²) < 4.78 is 40.7. The first-order valence-corrected chi connectivity index (χ1v) is 14.7. The minimum Gasteiger partial charge on any atom is -0.494 e. The molecule has 3 aliphatic rings. The first-order chi connectivity index (χ1) is 19.2. The number of carbonyl (C=O) groups is 1. The zero-order chi connectivity index (χ0) is 28.0. The standard InChI is InChI=1S/C29H30N4O6S/c1-18-5-6-20-13-21(18)16-32-17-22-14-23(7-10-27(22)39-40(32,36)37)38-12-4-3-11-33-26-9-8-24(25(20)15-28(34)35)19(2)29(26)30-31-33/h5-10,13-14,25H,3-4,11-12,15-17H2,1-2H3,(H,34,35)/t25-/m1/s1. The van der Waals surface area contributed by atoms with Crippen LogP contribution in [0.25, 0.3) is 11.0 Å². The van der Waals surface area contributed by atoms with Crippen LogP contribution in [0.2, 0.25) is 0 Å². The number of aromatic nitrogens is 3. The van der Waals surface area contributed by atoms with E-state index < -0.39 is 22.2 Å². The Bertz CT molecular complexity index is 1730. The van der Waals surface area contributed by atoms with Gasteiger partial charge in [0, 0.05) is 31.1 Å². The summed E-state index contributed by atoms with van der Waals surface area (Å²) >= 11 is 0. The Morgan fingerprint density at radius 3 is 2.70 bits per heavy atom. The second-order valence-corrected chi connectivity index (χ2v) is 12.0. The van der Waals surface area contributed by atoms with Crippen LogP contribution < -0.4 is 8.92 Å². The summed E-state index contributed by atoms with van der Waals surface area (Å²) in [5.74, 6) is -0.426. The molecule has 10 nitrogen and oxygen atoms in total. The number of fused-ring (bicyclic) bond motifs is 5. The quantitative estimate of drug-likeness (QED) is 0.380. The van der Waals surface area contributed by atoms with Crippen molar-refractivity contribution in [1.29, 1.82) is 0 Å². The first kappa shape index (κ1) is 26.3. The van der Waals surface area contributed by atoms with Gasteiger partial charge >= 0.3 is 16.3 Å². The Morgan fingerprint density at radius 1 is 1.05 bits per heavy atom. The molecule has 40 heavy (non-hydrogen) atoms. The number of ether oxygens (including phenoxy) is 1. The van der Waals surface area contributed by atoms with E-state index in [1.165, 1.54) is 4.31 Å². The molecular weight excluding hydrogens is 532 g/mol. The van der Waals surface area contributed by atoms with Crippen LogP contribution in [0, 0.1) is 13.8 Å². The van der Waals surface area contributed by atoms with Crippen LogP contribution >= 0.6 is 0 Å². The van der Waals surface area contributed by atoms with Crippen LogP contribution in [-0.2, 0) is 34.7 Å². The van der Waals surface area contributed by atoms with Crippen molar-refractivity contribution in [2.24, 2.45) is 0 Å². The monoisotopic (exact) mass is 562 g/mol. The average Bonchev–Trinajstić information content (AvgIpc) is 3.32. The Labute approximate surface area is 232 Å². The third-order valence-corrected chi connectivity index (χ3v) is 9.06. The van der Waals surface area contributed by atoms with Gasteiger partial charge in [-0.3, -0.25) is 4.79 Å². The number of aryl methyl sites for hydroxylation is 3. The summed E-state index contributed by atoms with van der Waals surface area (Å²) in [5, 5.41) is 18.7. The summed E-state index contributed by atoms with van der Waals surface area (Å²) in [6, 6.07) is 14.8. The van der Waals surface area contributed by atoms with Crippen molar-refractivity contribution in [3.8, 4) is 11.5 Å². The summed E-state index contributed by atoms with van der Waals surface area (Å²) in [5.41, 5.74) is 6.57. The predicted octanol–water partition coefficient (Wildman–Crippen LogP) is 4.47. The largest absolute Gasteiger partial charge is 0.494 e. The number of carboxylic acids is 1. The van der Waals surface area contributed by atoms with Crippen LogP contribution in [0.5, 0.6) is 11.5 Å². The zero-order valence-electron chi connectivity index (χ0n) is 22.3. The van der Waals surface area contributed by atoms with Crippen molar-refractivity contribution in [2.45, 2.75) is 58.7 Å². The van der Waals surface area contributed by atoms with Crippen LogP contribution in [0.15, 0.2) is 48.5 Å². The summed E-state index contributed by atoms with van der Waals surface area (Å²) in [6.07, 6.45) is 1.50.